The summed E-state index contributed by atoms with van der Waals surface area (Å²) in [6.07, 6.45) is 0.663. The van der Waals surface area contributed by atoms with Gasteiger partial charge in [-0.1, -0.05) is 42.1 Å². The van der Waals surface area contributed by atoms with Gasteiger partial charge in [-0.25, -0.2) is 8.42 Å². The highest BCUT2D eigenvalue weighted by atomic mass is 32.2. The predicted octanol–water partition coefficient (Wildman–Crippen LogP) is 1.84. The molecule has 9 heteroatoms. The van der Waals surface area contributed by atoms with Crippen LogP contribution in [-0.4, -0.2) is 51.1 Å². The summed E-state index contributed by atoms with van der Waals surface area (Å²) in [4.78, 5) is 0. The number of aliphatic hydroxyl groups excluding tert-OH is 1. The smallest absolute Gasteiger partial charge is 0.200 e. The van der Waals surface area contributed by atoms with Crippen molar-refractivity contribution in [1.29, 1.82) is 0 Å². The molecule has 3 heterocycles. The van der Waals surface area contributed by atoms with Crippen molar-refractivity contribution in [2.45, 2.75) is 23.1 Å². The molecule has 0 saturated carbocycles. The molecule has 4 rings (SSSR count). The van der Waals surface area contributed by atoms with Crippen LogP contribution in [0.2, 0.25) is 0 Å². The predicted molar refractivity (Wildman–Crippen MR) is 97.6 cm³/mol. The van der Waals surface area contributed by atoms with E-state index in [1.165, 1.54) is 11.8 Å². The lowest BCUT2D eigenvalue weighted by Gasteiger charge is -2.13. The van der Waals surface area contributed by atoms with E-state index in [2.05, 4.69) is 10.2 Å². The molecule has 0 unspecified atom stereocenters. The van der Waals surface area contributed by atoms with E-state index in [4.69, 9.17) is 4.42 Å². The summed E-state index contributed by atoms with van der Waals surface area (Å²) in [5.41, 5.74) is 1.06. The molecule has 7 nitrogen and oxygen atoms in total. The number of furan rings is 1. The molecule has 3 aromatic rings. The first-order valence-corrected chi connectivity index (χ1v) is 10.8. The first-order chi connectivity index (χ1) is 12.5. The molecule has 0 spiro atoms. The van der Waals surface area contributed by atoms with Crippen LogP contribution in [0.5, 0.6) is 0 Å². The Morgan fingerprint density at radius 2 is 1.96 bits per heavy atom. The van der Waals surface area contributed by atoms with Gasteiger partial charge < -0.3 is 9.52 Å². The lowest BCUT2D eigenvalue weighted by atomic mass is 10.2. The molecule has 1 saturated heterocycles. The van der Waals surface area contributed by atoms with Gasteiger partial charge >= 0.3 is 0 Å². The topological polar surface area (TPSA) is 98.2 Å². The van der Waals surface area contributed by atoms with Crippen LogP contribution >= 0.6 is 11.8 Å². The highest BCUT2D eigenvalue weighted by Crippen LogP contribution is 2.33. The lowest BCUT2D eigenvalue weighted by molar-refractivity contribution is 0.207. The maximum Gasteiger partial charge on any atom is 0.200 e. The largest absolute Gasteiger partial charge is 0.461 e. The average molecular weight is 391 g/mol. The Morgan fingerprint density at radius 3 is 2.62 bits per heavy atom. The molecule has 0 amide bonds. The summed E-state index contributed by atoms with van der Waals surface area (Å²) in [7, 11) is -3.22. The SMILES string of the molecule is O=S1(=O)C[C@H](Sc2nnc(-c3ccco3)n2Cc2ccccc2)[C@@H](O)C1. The van der Waals surface area contributed by atoms with E-state index in [0.29, 0.717) is 23.3 Å². The van der Waals surface area contributed by atoms with Crippen LogP contribution in [0.3, 0.4) is 0 Å². The molecule has 1 aromatic carbocycles. The summed E-state index contributed by atoms with van der Waals surface area (Å²) < 4.78 is 30.9. The van der Waals surface area contributed by atoms with Gasteiger partial charge in [0.1, 0.15) is 0 Å². The van der Waals surface area contributed by atoms with Gasteiger partial charge in [0.15, 0.2) is 20.8 Å². The Labute approximate surface area is 155 Å². The number of benzene rings is 1. The number of nitrogens with zero attached hydrogens (tertiary/aromatic N) is 3. The third kappa shape index (κ3) is 3.55. The molecular formula is C17H17N3O4S2. The fourth-order valence-corrected chi connectivity index (χ4v) is 6.44. The number of sulfone groups is 1. The summed E-state index contributed by atoms with van der Waals surface area (Å²) in [5.74, 6) is 0.881. The van der Waals surface area contributed by atoms with Gasteiger partial charge in [-0.05, 0) is 17.7 Å². The lowest BCUT2D eigenvalue weighted by Crippen LogP contribution is -2.20. The van der Waals surface area contributed by atoms with Crippen LogP contribution < -0.4 is 0 Å². The summed E-state index contributed by atoms with van der Waals surface area (Å²) in [6.45, 7) is 0.516. The molecule has 1 aliphatic rings. The monoisotopic (exact) mass is 391 g/mol. The van der Waals surface area contributed by atoms with Crippen molar-refractivity contribution in [3.63, 3.8) is 0 Å². The van der Waals surface area contributed by atoms with Crippen molar-refractivity contribution in [2.24, 2.45) is 0 Å². The van der Waals surface area contributed by atoms with Gasteiger partial charge in [0.25, 0.3) is 0 Å². The summed E-state index contributed by atoms with van der Waals surface area (Å²) in [6, 6.07) is 13.4. The third-order valence-electron chi connectivity index (χ3n) is 4.17. The van der Waals surface area contributed by atoms with Crippen molar-refractivity contribution in [3.8, 4) is 11.6 Å². The van der Waals surface area contributed by atoms with E-state index in [0.717, 1.165) is 5.56 Å². The Morgan fingerprint density at radius 1 is 1.15 bits per heavy atom. The normalized spacial score (nSPS) is 21.9. The number of hydrogen-bond donors (Lipinski definition) is 1. The van der Waals surface area contributed by atoms with E-state index in [1.54, 1.807) is 18.4 Å². The van der Waals surface area contributed by atoms with Gasteiger partial charge in [-0.3, -0.25) is 4.57 Å². The molecule has 26 heavy (non-hydrogen) atoms. The molecule has 0 bridgehead atoms. The number of aliphatic hydroxyl groups is 1. The quantitative estimate of drug-likeness (QED) is 0.708. The number of rotatable bonds is 5. The van der Waals surface area contributed by atoms with E-state index < -0.39 is 21.2 Å². The van der Waals surface area contributed by atoms with E-state index in [-0.39, 0.29) is 11.5 Å². The zero-order chi connectivity index (χ0) is 18.1. The zero-order valence-corrected chi connectivity index (χ0v) is 15.4. The van der Waals surface area contributed by atoms with Crippen LogP contribution in [0.4, 0.5) is 0 Å². The Hall–Kier alpha value is -2.10. The maximum absolute atomic E-state index is 11.8. The Balaban J connectivity index is 1.68. The molecule has 1 aliphatic heterocycles. The number of thioether (sulfide) groups is 1. The Kier molecular flexibility index (Phi) is 4.60. The molecule has 1 fully saturated rings. The minimum absolute atomic E-state index is 0.0624. The minimum atomic E-state index is -3.22. The highest BCUT2D eigenvalue weighted by Gasteiger charge is 2.38. The van der Waals surface area contributed by atoms with Gasteiger partial charge in [-0.2, -0.15) is 0 Å². The van der Waals surface area contributed by atoms with Crippen molar-refractivity contribution in [3.05, 3.63) is 54.3 Å². The van der Waals surface area contributed by atoms with Crippen LogP contribution in [0.1, 0.15) is 5.56 Å². The first kappa shape index (κ1) is 17.3. The first-order valence-electron chi connectivity index (χ1n) is 8.08. The maximum atomic E-state index is 11.8. The van der Waals surface area contributed by atoms with E-state index in [9.17, 15) is 13.5 Å². The molecule has 2 atom stereocenters. The van der Waals surface area contributed by atoms with Gasteiger partial charge in [0.05, 0.1) is 35.7 Å². The molecule has 136 valence electrons. The molecule has 0 aliphatic carbocycles. The van der Waals surface area contributed by atoms with Gasteiger partial charge in [-0.15, -0.1) is 10.2 Å². The second-order valence-corrected chi connectivity index (χ2v) is 9.52. The fourth-order valence-electron chi connectivity index (χ4n) is 2.92. The third-order valence-corrected chi connectivity index (χ3v) is 7.39. The van der Waals surface area contributed by atoms with Gasteiger partial charge in [0.2, 0.25) is 5.82 Å². The van der Waals surface area contributed by atoms with Crippen LogP contribution in [-0.2, 0) is 16.4 Å². The minimum Gasteiger partial charge on any atom is -0.461 e. The standard InChI is InChI=1S/C17H17N3O4S2/c21-13-10-26(22,23)11-15(13)25-17-19-18-16(14-7-4-8-24-14)20(17)9-12-5-2-1-3-6-12/h1-8,13,15,21H,9-11H2/t13-,15-/m0/s1. The second kappa shape index (κ2) is 6.90. The number of aromatic nitrogens is 3. The van der Waals surface area contributed by atoms with Crippen molar-refractivity contribution < 1.29 is 17.9 Å². The van der Waals surface area contributed by atoms with Crippen molar-refractivity contribution in [2.75, 3.05) is 11.5 Å². The van der Waals surface area contributed by atoms with Crippen LogP contribution in [0.25, 0.3) is 11.6 Å². The molecule has 0 radical (unpaired) electrons. The number of hydrogen-bond acceptors (Lipinski definition) is 7. The fraction of sp³-hybridized carbons (Fsp3) is 0.294. The zero-order valence-electron chi connectivity index (χ0n) is 13.7. The summed E-state index contributed by atoms with van der Waals surface area (Å²) in [5, 5.41) is 18.6. The van der Waals surface area contributed by atoms with Crippen molar-refractivity contribution >= 4 is 21.6 Å². The van der Waals surface area contributed by atoms with Gasteiger partial charge in [0, 0.05) is 0 Å². The highest BCUT2D eigenvalue weighted by molar-refractivity contribution is 8.01. The van der Waals surface area contributed by atoms with Crippen LogP contribution in [0.15, 0.2) is 58.3 Å². The second-order valence-electron chi connectivity index (χ2n) is 6.16. The average Bonchev–Trinajstić information content (AvgIpc) is 3.30. The molecule has 2 aromatic heterocycles. The Bertz CT molecular complexity index is 984. The molecular weight excluding hydrogens is 374 g/mol. The van der Waals surface area contributed by atoms with Crippen LogP contribution in [0, 0.1) is 0 Å². The molecule has 1 N–H and O–H groups in total. The summed E-state index contributed by atoms with van der Waals surface area (Å²) >= 11 is 1.24. The van der Waals surface area contributed by atoms with Crippen molar-refractivity contribution in [1.82, 2.24) is 14.8 Å². The van der Waals surface area contributed by atoms with E-state index in [1.807, 2.05) is 34.9 Å². The van der Waals surface area contributed by atoms with E-state index >= 15 is 0 Å².